The van der Waals surface area contributed by atoms with Gasteiger partial charge in [-0.25, -0.2) is 0 Å². The van der Waals surface area contributed by atoms with Crippen molar-refractivity contribution in [3.63, 3.8) is 0 Å². The van der Waals surface area contributed by atoms with E-state index in [1.54, 1.807) is 30.3 Å². The number of hydrogen-bond donors (Lipinski definition) is 1. The molecule has 0 fully saturated rings. The number of halogens is 3. The average molecular weight is 407 g/mol. The molecule has 6 heteroatoms. The summed E-state index contributed by atoms with van der Waals surface area (Å²) in [5.74, 6) is 0.874. The van der Waals surface area contributed by atoms with Crippen LogP contribution >= 0.6 is 34.8 Å². The lowest BCUT2D eigenvalue weighted by Crippen LogP contribution is -2.08. The molecule has 1 aromatic heterocycles. The normalized spacial score (nSPS) is 11.1. The molecule has 0 radical (unpaired) electrons. The predicted octanol–water partition coefficient (Wildman–Crippen LogP) is 6.87. The third-order valence-electron chi connectivity index (χ3n) is 3.67. The molecule has 26 heavy (non-hydrogen) atoms. The second kappa shape index (κ2) is 8.00. The fraction of sp³-hybridized carbons (Fsp3) is 0.0500. The van der Waals surface area contributed by atoms with E-state index in [0.717, 1.165) is 11.1 Å². The molecular formula is C20H14Cl3NO2. The maximum Gasteiger partial charge on any atom is 0.248 e. The Kier molecular flexibility index (Phi) is 5.72. The van der Waals surface area contributed by atoms with Crippen molar-refractivity contribution in [2.45, 2.75) is 6.92 Å². The van der Waals surface area contributed by atoms with E-state index in [9.17, 15) is 4.79 Å². The zero-order valence-corrected chi connectivity index (χ0v) is 16.0. The Bertz CT molecular complexity index is 992. The maximum absolute atomic E-state index is 12.0. The van der Waals surface area contributed by atoms with Gasteiger partial charge in [-0.2, -0.15) is 0 Å². The van der Waals surface area contributed by atoms with Gasteiger partial charge in [0.2, 0.25) is 5.91 Å². The van der Waals surface area contributed by atoms with Gasteiger partial charge in [-0.15, -0.1) is 0 Å². The molecule has 0 atom stereocenters. The summed E-state index contributed by atoms with van der Waals surface area (Å²) in [4.78, 5) is 12.0. The van der Waals surface area contributed by atoms with Crippen molar-refractivity contribution in [2.24, 2.45) is 0 Å². The minimum absolute atomic E-state index is 0.342. The Morgan fingerprint density at radius 1 is 1.00 bits per heavy atom. The smallest absolute Gasteiger partial charge is 0.248 e. The van der Waals surface area contributed by atoms with Gasteiger partial charge in [0, 0.05) is 21.7 Å². The number of amides is 1. The number of benzene rings is 2. The van der Waals surface area contributed by atoms with Crippen LogP contribution in [0.15, 0.2) is 59.0 Å². The van der Waals surface area contributed by atoms with Crippen molar-refractivity contribution in [1.29, 1.82) is 0 Å². The van der Waals surface area contributed by atoms with Crippen molar-refractivity contribution in [1.82, 2.24) is 0 Å². The van der Waals surface area contributed by atoms with Gasteiger partial charge >= 0.3 is 0 Å². The van der Waals surface area contributed by atoms with Crippen LogP contribution in [-0.2, 0) is 4.79 Å². The molecule has 0 bridgehead atoms. The highest BCUT2D eigenvalue weighted by molar-refractivity contribution is 6.35. The van der Waals surface area contributed by atoms with Gasteiger partial charge in [-0.1, -0.05) is 46.9 Å². The van der Waals surface area contributed by atoms with E-state index in [1.807, 2.05) is 31.2 Å². The van der Waals surface area contributed by atoms with Crippen molar-refractivity contribution < 1.29 is 9.21 Å². The van der Waals surface area contributed by atoms with Gasteiger partial charge in [0.25, 0.3) is 0 Å². The molecule has 0 aliphatic carbocycles. The molecule has 3 aromatic rings. The number of anilines is 1. The molecule has 0 saturated carbocycles. The van der Waals surface area contributed by atoms with Gasteiger partial charge in [0.05, 0.1) is 10.7 Å². The Morgan fingerprint density at radius 3 is 2.58 bits per heavy atom. The third kappa shape index (κ3) is 4.50. The van der Waals surface area contributed by atoms with Crippen molar-refractivity contribution in [3.05, 3.63) is 81.0 Å². The standard InChI is InChI=1S/C20H14Cl3NO2/c1-12-2-3-13(10-17(12)23)19-8-5-15(26-19)6-9-20(25)24-18-11-14(21)4-7-16(18)22/h2-11H,1H3,(H,24,25)/b9-6+. The van der Waals surface area contributed by atoms with Crippen molar-refractivity contribution in [3.8, 4) is 11.3 Å². The van der Waals surface area contributed by atoms with Gasteiger partial charge in [-0.3, -0.25) is 4.79 Å². The van der Waals surface area contributed by atoms with Crippen LogP contribution in [-0.4, -0.2) is 5.91 Å². The molecule has 0 aliphatic heterocycles. The van der Waals surface area contributed by atoms with Crippen LogP contribution in [0.4, 0.5) is 5.69 Å². The highest BCUT2D eigenvalue weighted by Crippen LogP contribution is 2.28. The van der Waals surface area contributed by atoms with E-state index >= 15 is 0 Å². The van der Waals surface area contributed by atoms with E-state index in [1.165, 1.54) is 6.08 Å². The number of nitrogens with one attached hydrogen (secondary N) is 1. The summed E-state index contributed by atoms with van der Waals surface area (Å²) in [6.07, 6.45) is 2.94. The Labute approximate surface area is 166 Å². The molecule has 3 rings (SSSR count). The molecule has 0 unspecified atom stereocenters. The first-order chi connectivity index (χ1) is 12.4. The largest absolute Gasteiger partial charge is 0.457 e. The summed E-state index contributed by atoms with van der Waals surface area (Å²) in [5.41, 5.74) is 2.32. The van der Waals surface area contributed by atoms with Crippen LogP contribution < -0.4 is 5.32 Å². The Morgan fingerprint density at radius 2 is 1.81 bits per heavy atom. The average Bonchev–Trinajstić information content (AvgIpc) is 3.08. The predicted molar refractivity (Wildman–Crippen MR) is 108 cm³/mol. The van der Waals surface area contributed by atoms with Crippen LogP contribution in [0.2, 0.25) is 15.1 Å². The number of carbonyl (C=O) groups is 1. The molecule has 1 N–H and O–H groups in total. The summed E-state index contributed by atoms with van der Waals surface area (Å²) in [5, 5.41) is 4.24. The summed E-state index contributed by atoms with van der Waals surface area (Å²) in [6, 6.07) is 14.2. The highest BCUT2D eigenvalue weighted by atomic mass is 35.5. The first-order valence-electron chi connectivity index (χ1n) is 7.73. The molecule has 1 amide bonds. The van der Waals surface area contributed by atoms with E-state index in [0.29, 0.717) is 32.3 Å². The zero-order chi connectivity index (χ0) is 18.7. The fourth-order valence-corrected chi connectivity index (χ4v) is 2.79. The number of carbonyl (C=O) groups excluding carboxylic acids is 1. The second-order valence-corrected chi connectivity index (χ2v) is 6.86. The molecule has 0 saturated heterocycles. The first kappa shape index (κ1) is 18.6. The van der Waals surface area contributed by atoms with Crippen molar-refractivity contribution >= 4 is 52.5 Å². The van der Waals surface area contributed by atoms with Crippen LogP contribution in [0.3, 0.4) is 0 Å². The van der Waals surface area contributed by atoms with Gasteiger partial charge in [0.15, 0.2) is 0 Å². The number of hydrogen-bond acceptors (Lipinski definition) is 2. The number of aryl methyl sites for hydroxylation is 1. The Hall–Kier alpha value is -2.20. The minimum atomic E-state index is -0.342. The van der Waals surface area contributed by atoms with Crippen LogP contribution in [0.5, 0.6) is 0 Å². The van der Waals surface area contributed by atoms with E-state index in [-0.39, 0.29) is 5.91 Å². The van der Waals surface area contributed by atoms with Crippen LogP contribution in [0.25, 0.3) is 17.4 Å². The lowest BCUT2D eigenvalue weighted by atomic mass is 10.1. The quantitative estimate of drug-likeness (QED) is 0.480. The molecule has 3 nitrogen and oxygen atoms in total. The highest BCUT2D eigenvalue weighted by Gasteiger charge is 2.07. The summed E-state index contributed by atoms with van der Waals surface area (Å²) in [7, 11) is 0. The number of furan rings is 1. The topological polar surface area (TPSA) is 42.2 Å². The second-order valence-electron chi connectivity index (χ2n) is 5.61. The molecular weight excluding hydrogens is 393 g/mol. The van der Waals surface area contributed by atoms with Crippen LogP contribution in [0, 0.1) is 6.92 Å². The van der Waals surface area contributed by atoms with Gasteiger partial charge < -0.3 is 9.73 Å². The van der Waals surface area contributed by atoms with Gasteiger partial charge in [0.1, 0.15) is 11.5 Å². The number of rotatable bonds is 4. The first-order valence-corrected chi connectivity index (χ1v) is 8.86. The summed E-state index contributed by atoms with van der Waals surface area (Å²) < 4.78 is 5.74. The zero-order valence-electron chi connectivity index (χ0n) is 13.7. The fourth-order valence-electron chi connectivity index (χ4n) is 2.27. The monoisotopic (exact) mass is 405 g/mol. The van der Waals surface area contributed by atoms with Crippen molar-refractivity contribution in [2.75, 3.05) is 5.32 Å². The van der Waals surface area contributed by atoms with Crippen LogP contribution in [0.1, 0.15) is 11.3 Å². The molecule has 132 valence electrons. The molecule has 0 aliphatic rings. The maximum atomic E-state index is 12.0. The lowest BCUT2D eigenvalue weighted by molar-refractivity contribution is -0.111. The minimum Gasteiger partial charge on any atom is -0.457 e. The van der Waals surface area contributed by atoms with E-state index < -0.39 is 0 Å². The van der Waals surface area contributed by atoms with E-state index in [4.69, 9.17) is 39.2 Å². The summed E-state index contributed by atoms with van der Waals surface area (Å²) >= 11 is 18.1. The van der Waals surface area contributed by atoms with E-state index in [2.05, 4.69) is 5.32 Å². The lowest BCUT2D eigenvalue weighted by Gasteiger charge is -2.04. The SMILES string of the molecule is Cc1ccc(-c2ccc(/C=C/C(=O)Nc3cc(Cl)ccc3Cl)o2)cc1Cl. The molecule has 2 aromatic carbocycles. The summed E-state index contributed by atoms with van der Waals surface area (Å²) in [6.45, 7) is 1.94. The molecule has 1 heterocycles. The molecule has 0 spiro atoms. The Balaban J connectivity index is 1.71. The third-order valence-corrected chi connectivity index (χ3v) is 4.64. The van der Waals surface area contributed by atoms with Gasteiger partial charge in [-0.05, 0) is 55.0 Å².